The van der Waals surface area contributed by atoms with Crippen LogP contribution in [0.15, 0.2) is 40.9 Å². The largest absolute Gasteiger partial charge is 0.399 e. The van der Waals surface area contributed by atoms with E-state index in [1.54, 1.807) is 0 Å². The van der Waals surface area contributed by atoms with Crippen molar-refractivity contribution in [3.8, 4) is 0 Å². The second-order valence-electron chi connectivity index (χ2n) is 7.97. The van der Waals surface area contributed by atoms with Gasteiger partial charge < -0.3 is 4.84 Å². The van der Waals surface area contributed by atoms with E-state index in [0.717, 1.165) is 21.8 Å². The van der Waals surface area contributed by atoms with Crippen LogP contribution < -0.4 is 0 Å². The minimum Gasteiger partial charge on any atom is -0.399 e. The van der Waals surface area contributed by atoms with Crippen molar-refractivity contribution in [3.05, 3.63) is 41.7 Å². The van der Waals surface area contributed by atoms with Crippen LogP contribution in [0.25, 0.3) is 0 Å². The third kappa shape index (κ3) is 5.00. The maximum absolute atomic E-state index is 13.3. The first-order valence-electron chi connectivity index (χ1n) is 10.1. The van der Waals surface area contributed by atoms with Crippen molar-refractivity contribution in [2.75, 3.05) is 27.7 Å². The fraction of sp³-hybridized carbons (Fsp3) is 0.526. The van der Waals surface area contributed by atoms with Crippen molar-refractivity contribution in [1.29, 1.82) is 0 Å². The second-order valence-corrected chi connectivity index (χ2v) is 11.8. The molecule has 13 heteroatoms. The van der Waals surface area contributed by atoms with E-state index in [4.69, 9.17) is 4.84 Å². The molecule has 1 aromatic heterocycles. The predicted molar refractivity (Wildman–Crippen MR) is 119 cm³/mol. The van der Waals surface area contributed by atoms with E-state index in [9.17, 15) is 16.8 Å². The minimum atomic E-state index is -4.18. The number of hydrogen-bond acceptors (Lipinski definition) is 8. The number of benzene rings is 1. The Hall–Kier alpha value is -2.35. The number of oxime groups is 1. The summed E-state index contributed by atoms with van der Waals surface area (Å²) < 4.78 is 53.9. The summed E-state index contributed by atoms with van der Waals surface area (Å²) in [6, 6.07) is 7.45. The molecule has 1 saturated carbocycles. The zero-order valence-corrected chi connectivity index (χ0v) is 20.3. The number of nitrogens with zero attached hydrogens (tertiary/aromatic N) is 6. The summed E-state index contributed by atoms with van der Waals surface area (Å²) in [5.74, 6) is 0.356. The molecule has 176 valence electrons. The Labute approximate surface area is 188 Å². The Morgan fingerprint density at radius 1 is 1.19 bits per heavy atom. The Kier molecular flexibility index (Phi) is 7.03. The number of hydrogen-bond donors (Lipinski definition) is 0. The molecule has 0 bridgehead atoms. The molecule has 0 amide bonds. The molecule has 1 aromatic carbocycles. The molecular formula is C19H28N6O5S2. The highest BCUT2D eigenvalue weighted by Crippen LogP contribution is 2.31. The Morgan fingerprint density at radius 3 is 2.31 bits per heavy atom. The lowest BCUT2D eigenvalue weighted by Gasteiger charge is -2.21. The van der Waals surface area contributed by atoms with Crippen molar-refractivity contribution < 1.29 is 21.7 Å². The fourth-order valence-electron chi connectivity index (χ4n) is 3.00. The zero-order chi connectivity index (χ0) is 23.7. The summed E-state index contributed by atoms with van der Waals surface area (Å²) >= 11 is 0. The number of sulfonamides is 1. The third-order valence-electron chi connectivity index (χ3n) is 5.06. The molecule has 11 nitrogen and oxygen atoms in total. The average molecular weight is 485 g/mol. The standard InChI is InChI=1S/C19H28N6O5S2/c1-14(2)15-6-8-16(9-7-15)18(22-30-5)12-24(17-10-11-17)31(26,27)19-20-13-25(21-19)32(28,29)23(3)4/h6-9,13-14,17H,10-12H2,1-5H3/b22-18+. The van der Waals surface area contributed by atoms with Crippen LogP contribution in [0.4, 0.5) is 0 Å². The zero-order valence-electron chi connectivity index (χ0n) is 18.7. The van der Waals surface area contributed by atoms with Gasteiger partial charge in [0, 0.05) is 25.7 Å². The van der Waals surface area contributed by atoms with Crippen molar-refractivity contribution >= 4 is 25.9 Å². The molecule has 0 saturated heterocycles. The Bertz CT molecular complexity index is 1180. The predicted octanol–water partition coefficient (Wildman–Crippen LogP) is 1.26. The Balaban J connectivity index is 1.93. The molecule has 1 heterocycles. The van der Waals surface area contributed by atoms with Crippen LogP contribution >= 0.6 is 0 Å². The quantitative estimate of drug-likeness (QED) is 0.367. The van der Waals surface area contributed by atoms with Gasteiger partial charge in [0.05, 0.1) is 6.54 Å². The van der Waals surface area contributed by atoms with Crippen LogP contribution in [0.5, 0.6) is 0 Å². The summed E-state index contributed by atoms with van der Waals surface area (Å²) in [5.41, 5.74) is 2.30. The third-order valence-corrected chi connectivity index (χ3v) is 8.32. The van der Waals surface area contributed by atoms with Gasteiger partial charge in [-0.15, -0.1) is 9.19 Å². The molecule has 1 fully saturated rings. The van der Waals surface area contributed by atoms with E-state index in [0.29, 0.717) is 28.6 Å². The highest BCUT2D eigenvalue weighted by atomic mass is 32.2. The van der Waals surface area contributed by atoms with Crippen LogP contribution in [0.1, 0.15) is 43.7 Å². The summed E-state index contributed by atoms with van der Waals surface area (Å²) in [7, 11) is -4.12. The molecule has 0 atom stereocenters. The number of aromatic nitrogens is 3. The Morgan fingerprint density at radius 2 is 1.81 bits per heavy atom. The van der Waals surface area contributed by atoms with Crippen LogP contribution in [0.2, 0.25) is 0 Å². The maximum Gasteiger partial charge on any atom is 0.323 e. The van der Waals surface area contributed by atoms with Gasteiger partial charge in [-0.05, 0) is 24.3 Å². The first-order valence-corrected chi connectivity index (χ1v) is 12.9. The fourth-order valence-corrected chi connectivity index (χ4v) is 5.21. The van der Waals surface area contributed by atoms with Gasteiger partial charge >= 0.3 is 10.2 Å². The second kappa shape index (κ2) is 9.25. The summed E-state index contributed by atoms with van der Waals surface area (Å²) in [6.45, 7) is 4.11. The average Bonchev–Trinajstić information content (AvgIpc) is 3.43. The molecule has 0 N–H and O–H groups in total. The van der Waals surface area contributed by atoms with E-state index < -0.39 is 25.4 Å². The lowest BCUT2D eigenvalue weighted by atomic mass is 10.0. The minimum absolute atomic E-state index is 0.0587. The van der Waals surface area contributed by atoms with Gasteiger partial charge in [-0.25, -0.2) is 13.4 Å². The van der Waals surface area contributed by atoms with Gasteiger partial charge in [-0.3, -0.25) is 0 Å². The maximum atomic E-state index is 13.3. The van der Waals surface area contributed by atoms with Crippen LogP contribution in [0.3, 0.4) is 0 Å². The van der Waals surface area contributed by atoms with E-state index in [2.05, 4.69) is 29.1 Å². The molecule has 1 aliphatic rings. The van der Waals surface area contributed by atoms with Crippen LogP contribution in [0, 0.1) is 0 Å². The molecule has 2 aromatic rings. The van der Waals surface area contributed by atoms with Gasteiger partial charge in [-0.2, -0.15) is 17.0 Å². The van der Waals surface area contributed by atoms with E-state index in [1.807, 2.05) is 24.3 Å². The molecule has 0 unspecified atom stereocenters. The normalized spacial score (nSPS) is 15.7. The molecule has 1 aliphatic carbocycles. The van der Waals surface area contributed by atoms with Gasteiger partial charge in [0.25, 0.3) is 15.2 Å². The highest BCUT2D eigenvalue weighted by Gasteiger charge is 2.41. The monoisotopic (exact) mass is 484 g/mol. The first-order chi connectivity index (χ1) is 15.0. The van der Waals surface area contributed by atoms with Crippen LogP contribution in [-0.4, -0.2) is 79.1 Å². The molecule has 0 aliphatic heterocycles. The summed E-state index contributed by atoms with van der Waals surface area (Å²) in [4.78, 5) is 8.75. The topological polar surface area (TPSA) is 127 Å². The van der Waals surface area contributed by atoms with E-state index in [1.165, 1.54) is 25.5 Å². The van der Waals surface area contributed by atoms with E-state index >= 15 is 0 Å². The van der Waals surface area contributed by atoms with Gasteiger partial charge in [0.15, 0.2) is 0 Å². The first kappa shape index (κ1) is 24.3. The van der Waals surface area contributed by atoms with Crippen molar-refractivity contribution in [3.63, 3.8) is 0 Å². The molecule has 3 rings (SSSR count). The lowest BCUT2D eigenvalue weighted by molar-refractivity contribution is 0.212. The van der Waals surface area contributed by atoms with Crippen molar-refractivity contribution in [1.82, 2.24) is 22.8 Å². The number of rotatable bonds is 10. The molecule has 0 radical (unpaired) electrons. The highest BCUT2D eigenvalue weighted by molar-refractivity contribution is 7.89. The van der Waals surface area contributed by atoms with Gasteiger partial charge in [0.1, 0.15) is 19.1 Å². The van der Waals surface area contributed by atoms with Crippen molar-refractivity contribution in [2.24, 2.45) is 5.16 Å². The summed E-state index contributed by atoms with van der Waals surface area (Å²) in [6.07, 6.45) is 2.24. The SMILES string of the molecule is CO/N=C(\CN(C1CC1)S(=O)(=O)c1ncn(S(=O)(=O)N(C)C)n1)c1ccc(C(C)C)cc1. The molecule has 32 heavy (non-hydrogen) atoms. The molecular weight excluding hydrogens is 456 g/mol. The summed E-state index contributed by atoms with van der Waals surface area (Å²) in [5, 5.41) is 7.21. The van der Waals surface area contributed by atoms with E-state index in [-0.39, 0.29) is 12.6 Å². The van der Waals surface area contributed by atoms with Crippen LogP contribution in [-0.2, 0) is 25.1 Å². The van der Waals surface area contributed by atoms with Gasteiger partial charge in [-0.1, -0.05) is 43.3 Å². The smallest absolute Gasteiger partial charge is 0.323 e. The molecule has 0 spiro atoms. The van der Waals surface area contributed by atoms with Gasteiger partial charge in [0.2, 0.25) is 0 Å². The lowest BCUT2D eigenvalue weighted by Crippen LogP contribution is -2.38. The van der Waals surface area contributed by atoms with Crippen molar-refractivity contribution in [2.45, 2.75) is 43.8 Å².